The predicted octanol–water partition coefficient (Wildman–Crippen LogP) is 2.73. The summed E-state index contributed by atoms with van der Waals surface area (Å²) in [5, 5.41) is 8.44. The van der Waals surface area contributed by atoms with Crippen LogP contribution in [0, 0.1) is 11.6 Å². The largest absolute Gasteiger partial charge is 0.392 e. The molecule has 0 amide bonds. The SMILES string of the molecule is OCC=Cc1cc(F)c(Br)c(F)c1. The molecule has 0 radical (unpaired) electrons. The van der Waals surface area contributed by atoms with Crippen LogP contribution >= 0.6 is 15.9 Å². The van der Waals surface area contributed by atoms with Gasteiger partial charge in [0.15, 0.2) is 0 Å². The first-order chi connectivity index (χ1) is 6.15. The molecule has 0 bridgehead atoms. The summed E-state index contributed by atoms with van der Waals surface area (Å²) in [6.07, 6.45) is 2.85. The minimum absolute atomic E-state index is 0.153. The zero-order chi connectivity index (χ0) is 9.84. The summed E-state index contributed by atoms with van der Waals surface area (Å²) >= 11 is 2.76. The van der Waals surface area contributed by atoms with Crippen LogP contribution < -0.4 is 0 Å². The highest BCUT2D eigenvalue weighted by Crippen LogP contribution is 2.21. The molecule has 0 saturated heterocycles. The molecular formula is C9H7BrF2O. The predicted molar refractivity (Wildman–Crippen MR) is 50.2 cm³/mol. The average Bonchev–Trinajstić information content (AvgIpc) is 2.10. The Balaban J connectivity index is 3.06. The molecule has 13 heavy (non-hydrogen) atoms. The van der Waals surface area contributed by atoms with Gasteiger partial charge in [-0.25, -0.2) is 8.78 Å². The van der Waals surface area contributed by atoms with Gasteiger partial charge in [-0.2, -0.15) is 0 Å². The van der Waals surface area contributed by atoms with Gasteiger partial charge in [0.2, 0.25) is 0 Å². The van der Waals surface area contributed by atoms with Crippen LogP contribution in [0.3, 0.4) is 0 Å². The van der Waals surface area contributed by atoms with Crippen molar-refractivity contribution in [1.29, 1.82) is 0 Å². The third-order valence-corrected chi connectivity index (χ3v) is 2.18. The third kappa shape index (κ3) is 2.60. The van der Waals surface area contributed by atoms with Crippen LogP contribution in [-0.2, 0) is 0 Å². The molecule has 1 aromatic carbocycles. The monoisotopic (exact) mass is 248 g/mol. The molecule has 1 N–H and O–H groups in total. The third-order valence-electron chi connectivity index (χ3n) is 1.42. The van der Waals surface area contributed by atoms with Gasteiger partial charge in [-0.05, 0) is 33.6 Å². The van der Waals surface area contributed by atoms with Crippen molar-refractivity contribution in [2.24, 2.45) is 0 Å². The quantitative estimate of drug-likeness (QED) is 0.799. The number of aliphatic hydroxyl groups excluding tert-OH is 1. The van der Waals surface area contributed by atoms with Gasteiger partial charge in [-0.3, -0.25) is 0 Å². The average molecular weight is 249 g/mol. The molecule has 4 heteroatoms. The molecular weight excluding hydrogens is 242 g/mol. The first-order valence-corrected chi connectivity index (χ1v) is 4.36. The maximum atomic E-state index is 12.9. The van der Waals surface area contributed by atoms with Gasteiger partial charge in [0.1, 0.15) is 11.6 Å². The van der Waals surface area contributed by atoms with Crippen molar-refractivity contribution in [3.05, 3.63) is 39.9 Å². The number of aliphatic hydroxyl groups is 1. The molecule has 0 fully saturated rings. The Morgan fingerprint density at radius 1 is 1.31 bits per heavy atom. The highest BCUT2D eigenvalue weighted by molar-refractivity contribution is 9.10. The summed E-state index contributed by atoms with van der Waals surface area (Å²) < 4.78 is 25.6. The summed E-state index contributed by atoms with van der Waals surface area (Å²) in [4.78, 5) is 0. The van der Waals surface area contributed by atoms with E-state index in [0.29, 0.717) is 5.56 Å². The highest BCUT2D eigenvalue weighted by Gasteiger charge is 2.06. The minimum atomic E-state index is -0.655. The van der Waals surface area contributed by atoms with Gasteiger partial charge in [-0.15, -0.1) is 0 Å². The van der Waals surface area contributed by atoms with Gasteiger partial charge < -0.3 is 5.11 Å². The van der Waals surface area contributed by atoms with E-state index < -0.39 is 11.6 Å². The van der Waals surface area contributed by atoms with Crippen LogP contribution in [0.25, 0.3) is 6.08 Å². The molecule has 0 aromatic heterocycles. The van der Waals surface area contributed by atoms with Crippen LogP contribution in [-0.4, -0.2) is 11.7 Å². The van der Waals surface area contributed by atoms with Crippen LogP contribution in [0.15, 0.2) is 22.7 Å². The van der Waals surface area contributed by atoms with Gasteiger partial charge in [-0.1, -0.05) is 12.2 Å². The van der Waals surface area contributed by atoms with E-state index in [1.54, 1.807) is 0 Å². The Kier molecular flexibility index (Phi) is 3.57. The van der Waals surface area contributed by atoms with Crippen LogP contribution in [0.4, 0.5) is 8.78 Å². The Morgan fingerprint density at radius 2 is 1.85 bits per heavy atom. The molecule has 1 nitrogen and oxygen atoms in total. The van der Waals surface area contributed by atoms with E-state index in [0.717, 1.165) is 0 Å². The van der Waals surface area contributed by atoms with Gasteiger partial charge in [0, 0.05) is 0 Å². The van der Waals surface area contributed by atoms with Crippen LogP contribution in [0.1, 0.15) is 5.56 Å². The first-order valence-electron chi connectivity index (χ1n) is 3.57. The first kappa shape index (κ1) is 10.3. The van der Waals surface area contributed by atoms with Crippen molar-refractivity contribution >= 4 is 22.0 Å². The fourth-order valence-corrected chi connectivity index (χ4v) is 1.09. The summed E-state index contributed by atoms with van der Waals surface area (Å²) in [7, 11) is 0. The van der Waals surface area contributed by atoms with Gasteiger partial charge in [0.05, 0.1) is 11.1 Å². The molecule has 0 saturated carbocycles. The Labute approximate surface area is 82.8 Å². The smallest absolute Gasteiger partial charge is 0.140 e. The maximum absolute atomic E-state index is 12.9. The van der Waals surface area contributed by atoms with E-state index in [1.807, 2.05) is 0 Å². The van der Waals surface area contributed by atoms with Crippen LogP contribution in [0.5, 0.6) is 0 Å². The second-order valence-corrected chi connectivity index (χ2v) is 3.18. The van der Waals surface area contributed by atoms with Crippen LogP contribution in [0.2, 0.25) is 0 Å². The second kappa shape index (κ2) is 4.48. The molecule has 0 aliphatic carbocycles. The van der Waals surface area contributed by atoms with Gasteiger partial charge in [0.25, 0.3) is 0 Å². The van der Waals surface area contributed by atoms with Crippen molar-refractivity contribution in [3.8, 4) is 0 Å². The maximum Gasteiger partial charge on any atom is 0.140 e. The topological polar surface area (TPSA) is 20.2 Å². The molecule has 0 aliphatic rings. The van der Waals surface area contributed by atoms with Gasteiger partial charge >= 0.3 is 0 Å². The lowest BCUT2D eigenvalue weighted by Crippen LogP contribution is -1.86. The fourth-order valence-electron chi connectivity index (χ4n) is 0.860. The molecule has 1 aromatic rings. The molecule has 0 spiro atoms. The summed E-state index contributed by atoms with van der Waals surface area (Å²) in [6, 6.07) is 2.36. The zero-order valence-corrected chi connectivity index (χ0v) is 8.18. The van der Waals surface area contributed by atoms with Crippen molar-refractivity contribution in [3.63, 3.8) is 0 Å². The lowest BCUT2D eigenvalue weighted by Gasteiger charge is -1.98. The zero-order valence-electron chi connectivity index (χ0n) is 6.60. The van der Waals surface area contributed by atoms with E-state index in [9.17, 15) is 8.78 Å². The highest BCUT2D eigenvalue weighted by atomic mass is 79.9. The molecule has 0 unspecified atom stereocenters. The van der Waals surface area contributed by atoms with Crippen molar-refractivity contribution in [2.45, 2.75) is 0 Å². The molecule has 0 heterocycles. The normalized spacial score (nSPS) is 11.1. The second-order valence-electron chi connectivity index (χ2n) is 2.38. The number of hydrogen-bond donors (Lipinski definition) is 1. The van der Waals surface area contributed by atoms with E-state index in [2.05, 4.69) is 15.9 Å². The molecule has 0 aliphatic heterocycles. The lowest BCUT2D eigenvalue weighted by atomic mass is 10.2. The van der Waals surface area contributed by atoms with E-state index in [1.165, 1.54) is 24.3 Å². The Bertz CT molecular complexity index is 313. The minimum Gasteiger partial charge on any atom is -0.392 e. The lowest BCUT2D eigenvalue weighted by molar-refractivity contribution is 0.343. The van der Waals surface area contributed by atoms with Crippen molar-refractivity contribution in [1.82, 2.24) is 0 Å². The molecule has 0 atom stereocenters. The number of rotatable bonds is 2. The number of benzene rings is 1. The summed E-state index contributed by atoms with van der Waals surface area (Å²) in [6.45, 7) is -0.153. The summed E-state index contributed by atoms with van der Waals surface area (Å²) in [5.41, 5.74) is 0.382. The Hall–Kier alpha value is -0.740. The Morgan fingerprint density at radius 3 is 2.31 bits per heavy atom. The molecule has 1 rings (SSSR count). The van der Waals surface area contributed by atoms with E-state index in [4.69, 9.17) is 5.11 Å². The van der Waals surface area contributed by atoms with E-state index in [-0.39, 0.29) is 11.1 Å². The number of halogens is 3. The standard InChI is InChI=1S/C9H7BrF2O/c10-9-7(11)4-6(2-1-3-13)5-8(9)12/h1-2,4-5,13H,3H2. The fraction of sp³-hybridized carbons (Fsp3) is 0.111. The number of hydrogen-bond acceptors (Lipinski definition) is 1. The van der Waals surface area contributed by atoms with Crippen molar-refractivity contribution in [2.75, 3.05) is 6.61 Å². The summed E-state index contributed by atoms with van der Waals surface area (Å²) in [5.74, 6) is -1.31. The molecule has 70 valence electrons. The van der Waals surface area contributed by atoms with E-state index >= 15 is 0 Å². The van der Waals surface area contributed by atoms with Crippen molar-refractivity contribution < 1.29 is 13.9 Å².